The Morgan fingerprint density at radius 1 is 1.16 bits per heavy atom. The zero-order valence-corrected chi connectivity index (χ0v) is 18.1. The van der Waals surface area contributed by atoms with Crippen molar-refractivity contribution in [3.05, 3.63) is 88.3 Å². The minimum absolute atomic E-state index is 0.148. The Morgan fingerprint density at radius 3 is 2.69 bits per heavy atom. The van der Waals surface area contributed by atoms with E-state index in [9.17, 15) is 13.9 Å². The first-order valence-electron chi connectivity index (χ1n) is 11.1. The average Bonchev–Trinajstić information content (AvgIpc) is 3.29. The van der Waals surface area contributed by atoms with E-state index in [0.29, 0.717) is 31.2 Å². The van der Waals surface area contributed by atoms with Gasteiger partial charge in [0, 0.05) is 17.5 Å². The number of benzene rings is 2. The summed E-state index contributed by atoms with van der Waals surface area (Å²) in [6.45, 7) is 2.27. The third-order valence-corrected chi connectivity index (χ3v) is 7.58. The van der Waals surface area contributed by atoms with E-state index in [1.54, 1.807) is 18.2 Å². The molecule has 0 bridgehead atoms. The summed E-state index contributed by atoms with van der Waals surface area (Å²) in [6.07, 6.45) is 7.24. The Hall–Kier alpha value is -2.83. The maximum atomic E-state index is 14.1. The van der Waals surface area contributed by atoms with Crippen LogP contribution < -0.4 is 5.73 Å². The van der Waals surface area contributed by atoms with E-state index < -0.39 is 11.0 Å². The number of hydrogen-bond acceptors (Lipinski definition) is 3. The number of nitrogens with two attached hydrogens (primary N) is 1. The second-order valence-electron chi connectivity index (χ2n) is 9.23. The first-order chi connectivity index (χ1) is 15.3. The predicted octanol–water partition coefficient (Wildman–Crippen LogP) is 4.71. The minimum atomic E-state index is -0.896. The molecule has 1 fully saturated rings. The molecule has 166 valence electrons. The van der Waals surface area contributed by atoms with Crippen molar-refractivity contribution in [3.63, 3.8) is 0 Å². The van der Waals surface area contributed by atoms with Crippen molar-refractivity contribution in [2.45, 2.75) is 51.2 Å². The zero-order valence-electron chi connectivity index (χ0n) is 18.1. The fraction of sp³-hybridized carbons (Fsp3) is 0.346. The highest BCUT2D eigenvalue weighted by molar-refractivity contribution is 5.62. The van der Waals surface area contributed by atoms with Crippen molar-refractivity contribution >= 4 is 6.08 Å². The van der Waals surface area contributed by atoms with Gasteiger partial charge < -0.3 is 10.8 Å². The smallest absolute Gasteiger partial charge is 0.127 e. The summed E-state index contributed by atoms with van der Waals surface area (Å²) >= 11 is 0. The first-order valence-corrected chi connectivity index (χ1v) is 11.1. The van der Waals surface area contributed by atoms with Crippen LogP contribution in [0.1, 0.15) is 48.6 Å². The van der Waals surface area contributed by atoms with Crippen molar-refractivity contribution in [2.75, 3.05) is 0 Å². The van der Waals surface area contributed by atoms with E-state index >= 15 is 0 Å². The molecule has 3 aromatic rings. The zero-order chi connectivity index (χ0) is 22.5. The quantitative estimate of drug-likeness (QED) is 0.610. The standard InChI is InChI=1S/C26H27F2N3O/c1-25-14-18-16-30-31(21-7-5-20(27)6-8-21)24(18)13-19(25)10-12-26(25,32)11-9-17-3-2-4-23(28)22(17)15-29/h2-8,13,16,32H,9-12,14-15,29H2,1H3/t25-,26-/m0/s1. The number of rotatable bonds is 5. The van der Waals surface area contributed by atoms with Gasteiger partial charge in [-0.2, -0.15) is 5.10 Å². The number of aromatic nitrogens is 2. The molecule has 0 amide bonds. The van der Waals surface area contributed by atoms with Gasteiger partial charge in [-0.1, -0.05) is 24.6 Å². The molecule has 2 atom stereocenters. The van der Waals surface area contributed by atoms with Gasteiger partial charge in [0.15, 0.2) is 0 Å². The summed E-state index contributed by atoms with van der Waals surface area (Å²) in [5, 5.41) is 16.3. The summed E-state index contributed by atoms with van der Waals surface area (Å²) in [7, 11) is 0. The highest BCUT2D eigenvalue weighted by Gasteiger charge is 2.54. The molecule has 3 N–H and O–H groups in total. The maximum Gasteiger partial charge on any atom is 0.127 e. The summed E-state index contributed by atoms with van der Waals surface area (Å²) in [4.78, 5) is 0. The number of halogens is 2. The highest BCUT2D eigenvalue weighted by atomic mass is 19.1. The lowest BCUT2D eigenvalue weighted by Gasteiger charge is -2.42. The predicted molar refractivity (Wildman–Crippen MR) is 120 cm³/mol. The van der Waals surface area contributed by atoms with Gasteiger partial charge in [0.1, 0.15) is 11.6 Å². The maximum absolute atomic E-state index is 14.1. The Balaban J connectivity index is 1.44. The molecule has 4 nitrogen and oxygen atoms in total. The van der Waals surface area contributed by atoms with Gasteiger partial charge in [-0.15, -0.1) is 0 Å². The molecule has 1 saturated carbocycles. The van der Waals surface area contributed by atoms with Crippen LogP contribution in [0.4, 0.5) is 8.78 Å². The van der Waals surface area contributed by atoms with Crippen molar-refractivity contribution < 1.29 is 13.9 Å². The summed E-state index contributed by atoms with van der Waals surface area (Å²) in [5.74, 6) is -0.566. The van der Waals surface area contributed by atoms with Crippen LogP contribution in [0.3, 0.4) is 0 Å². The molecular formula is C26H27F2N3O. The summed E-state index contributed by atoms with van der Waals surface area (Å²) in [5.41, 5.74) is 9.92. The van der Waals surface area contributed by atoms with E-state index in [0.717, 1.165) is 28.9 Å². The molecule has 2 aliphatic carbocycles. The molecule has 2 aliphatic rings. The van der Waals surface area contributed by atoms with E-state index in [2.05, 4.69) is 18.1 Å². The van der Waals surface area contributed by atoms with Gasteiger partial charge in [0.25, 0.3) is 0 Å². The first kappa shape index (κ1) is 21.0. The molecule has 32 heavy (non-hydrogen) atoms. The van der Waals surface area contributed by atoms with Gasteiger partial charge in [-0.25, -0.2) is 13.5 Å². The van der Waals surface area contributed by atoms with Crippen LogP contribution in [0.5, 0.6) is 0 Å². The van der Waals surface area contributed by atoms with Crippen molar-refractivity contribution in [1.29, 1.82) is 0 Å². The molecule has 0 spiro atoms. The molecule has 1 heterocycles. The molecule has 6 heteroatoms. The topological polar surface area (TPSA) is 64.1 Å². The summed E-state index contributed by atoms with van der Waals surface area (Å²) < 4.78 is 29.3. The monoisotopic (exact) mass is 435 g/mol. The van der Waals surface area contributed by atoms with Crippen LogP contribution in [0.2, 0.25) is 0 Å². The minimum Gasteiger partial charge on any atom is -0.389 e. The van der Waals surface area contributed by atoms with Gasteiger partial charge in [-0.3, -0.25) is 0 Å². The van der Waals surface area contributed by atoms with Gasteiger partial charge in [0.05, 0.1) is 23.2 Å². The largest absolute Gasteiger partial charge is 0.389 e. The van der Waals surface area contributed by atoms with Crippen molar-refractivity contribution in [3.8, 4) is 5.69 Å². The lowest BCUT2D eigenvalue weighted by Crippen LogP contribution is -2.45. The normalized spacial score (nSPS) is 24.2. The van der Waals surface area contributed by atoms with E-state index in [1.165, 1.54) is 23.8 Å². The highest BCUT2D eigenvalue weighted by Crippen LogP contribution is 2.56. The molecular weight excluding hydrogens is 408 g/mol. The Bertz CT molecular complexity index is 1200. The number of hydrogen-bond donors (Lipinski definition) is 2. The number of nitrogens with zero attached hydrogens (tertiary/aromatic N) is 2. The van der Waals surface area contributed by atoms with Crippen LogP contribution in [0, 0.1) is 17.0 Å². The van der Waals surface area contributed by atoms with Crippen LogP contribution in [-0.2, 0) is 19.4 Å². The van der Waals surface area contributed by atoms with E-state index in [-0.39, 0.29) is 18.2 Å². The Morgan fingerprint density at radius 2 is 1.94 bits per heavy atom. The van der Waals surface area contributed by atoms with Crippen LogP contribution in [0.15, 0.2) is 54.2 Å². The van der Waals surface area contributed by atoms with Gasteiger partial charge in [0.2, 0.25) is 0 Å². The second-order valence-corrected chi connectivity index (χ2v) is 9.23. The molecule has 0 radical (unpaired) electrons. The molecule has 0 aliphatic heterocycles. The third kappa shape index (κ3) is 3.21. The second kappa shape index (κ2) is 7.64. The van der Waals surface area contributed by atoms with Crippen LogP contribution >= 0.6 is 0 Å². The fourth-order valence-electron chi connectivity index (χ4n) is 5.53. The van der Waals surface area contributed by atoms with Crippen LogP contribution in [0.25, 0.3) is 11.8 Å². The molecule has 2 aromatic carbocycles. The lowest BCUT2D eigenvalue weighted by molar-refractivity contribution is -0.0462. The number of aryl methyl sites for hydroxylation is 1. The fourth-order valence-corrected chi connectivity index (χ4v) is 5.53. The van der Waals surface area contributed by atoms with E-state index in [4.69, 9.17) is 5.73 Å². The van der Waals surface area contributed by atoms with Gasteiger partial charge >= 0.3 is 0 Å². The third-order valence-electron chi connectivity index (χ3n) is 7.58. The van der Waals surface area contributed by atoms with E-state index in [1.807, 2.05) is 16.9 Å². The van der Waals surface area contributed by atoms with Gasteiger partial charge in [-0.05, 0) is 79.6 Å². The van der Waals surface area contributed by atoms with Crippen molar-refractivity contribution in [2.24, 2.45) is 11.1 Å². The Kier molecular flexibility index (Phi) is 5.02. The molecule has 1 aromatic heterocycles. The SMILES string of the molecule is C[C@]12Cc3cnn(-c4ccc(F)cc4)c3C=C1CC[C@@]2(O)CCc1cccc(F)c1CN. The number of fused-ring (bicyclic) bond motifs is 2. The van der Waals surface area contributed by atoms with Crippen LogP contribution in [-0.4, -0.2) is 20.5 Å². The molecule has 0 saturated heterocycles. The van der Waals surface area contributed by atoms with Crippen molar-refractivity contribution in [1.82, 2.24) is 9.78 Å². The average molecular weight is 436 g/mol. The molecule has 0 unspecified atom stereocenters. The summed E-state index contributed by atoms with van der Waals surface area (Å²) in [6, 6.07) is 11.3. The number of aliphatic hydroxyl groups is 1. The lowest BCUT2D eigenvalue weighted by atomic mass is 9.65. The molecule has 5 rings (SSSR count). The Labute approximate surface area is 186 Å².